The van der Waals surface area contributed by atoms with Crippen molar-refractivity contribution in [1.29, 1.82) is 0 Å². The summed E-state index contributed by atoms with van der Waals surface area (Å²) in [6, 6.07) is 7.82. The lowest BCUT2D eigenvalue weighted by atomic mass is 10.1. The van der Waals surface area contributed by atoms with Crippen molar-refractivity contribution in [1.82, 2.24) is 23.1 Å². The Morgan fingerprint density at radius 3 is 2.36 bits per heavy atom. The minimum Gasteiger partial charge on any atom is -0.317 e. The standard InChI is InChI=1S/C18H19N5O2/c1-11-5-7-13(8-6-11)10-23-16(24)14-15(21(4)18(23)25)19-17-20(3)12(2)9-22(14)17/h5-9H,10H2,1-4H3. The molecule has 0 amide bonds. The zero-order valence-corrected chi connectivity index (χ0v) is 14.6. The first kappa shape index (κ1) is 15.4. The first-order chi connectivity index (χ1) is 11.9. The fraction of sp³-hybridized carbons (Fsp3) is 0.278. The van der Waals surface area contributed by atoms with Gasteiger partial charge in [-0.1, -0.05) is 29.8 Å². The van der Waals surface area contributed by atoms with Crippen molar-refractivity contribution in [2.45, 2.75) is 20.4 Å². The van der Waals surface area contributed by atoms with Gasteiger partial charge in [0.1, 0.15) is 0 Å². The molecule has 7 heteroatoms. The summed E-state index contributed by atoms with van der Waals surface area (Å²) in [5, 5.41) is 0. The van der Waals surface area contributed by atoms with E-state index in [1.807, 2.05) is 55.9 Å². The summed E-state index contributed by atoms with van der Waals surface area (Å²) in [5.74, 6) is 0.646. The van der Waals surface area contributed by atoms with Crippen LogP contribution in [0.4, 0.5) is 0 Å². The predicted molar refractivity (Wildman–Crippen MR) is 96.2 cm³/mol. The molecular weight excluding hydrogens is 318 g/mol. The molecule has 0 radical (unpaired) electrons. The van der Waals surface area contributed by atoms with E-state index in [-0.39, 0.29) is 17.8 Å². The Balaban J connectivity index is 2.03. The van der Waals surface area contributed by atoms with Gasteiger partial charge in [-0.2, -0.15) is 4.98 Å². The molecule has 4 rings (SSSR count). The molecule has 0 aliphatic heterocycles. The zero-order valence-electron chi connectivity index (χ0n) is 14.6. The highest BCUT2D eigenvalue weighted by atomic mass is 16.2. The average molecular weight is 337 g/mol. The third-order valence-electron chi connectivity index (χ3n) is 4.76. The summed E-state index contributed by atoms with van der Waals surface area (Å²) < 4.78 is 6.36. The molecule has 25 heavy (non-hydrogen) atoms. The van der Waals surface area contributed by atoms with E-state index < -0.39 is 0 Å². The van der Waals surface area contributed by atoms with Crippen LogP contribution >= 0.6 is 0 Å². The van der Waals surface area contributed by atoms with E-state index in [4.69, 9.17) is 0 Å². The van der Waals surface area contributed by atoms with Gasteiger partial charge in [0, 0.05) is 26.0 Å². The highest BCUT2D eigenvalue weighted by Crippen LogP contribution is 2.14. The van der Waals surface area contributed by atoms with Crippen molar-refractivity contribution >= 4 is 16.9 Å². The molecule has 0 bridgehead atoms. The number of nitrogens with zero attached hydrogens (tertiary/aromatic N) is 5. The maximum atomic E-state index is 13.0. The molecule has 3 aromatic heterocycles. The summed E-state index contributed by atoms with van der Waals surface area (Å²) in [6.07, 6.45) is 1.87. The van der Waals surface area contributed by atoms with Crippen LogP contribution in [0.15, 0.2) is 40.1 Å². The smallest absolute Gasteiger partial charge is 0.317 e. The van der Waals surface area contributed by atoms with E-state index in [0.29, 0.717) is 16.9 Å². The largest absolute Gasteiger partial charge is 0.332 e. The van der Waals surface area contributed by atoms with Gasteiger partial charge in [0.05, 0.1) is 6.54 Å². The lowest BCUT2D eigenvalue weighted by molar-refractivity contribution is 0.656. The van der Waals surface area contributed by atoms with E-state index in [1.54, 1.807) is 11.4 Å². The molecule has 0 aliphatic carbocycles. The molecule has 0 saturated carbocycles. The molecule has 1 aromatic carbocycles. The Bertz CT molecular complexity index is 1240. The minimum atomic E-state index is -0.363. The number of aryl methyl sites for hydroxylation is 4. The number of hydrogen-bond donors (Lipinski definition) is 0. The first-order valence-electron chi connectivity index (χ1n) is 8.08. The molecule has 0 fully saturated rings. The predicted octanol–water partition coefficient (Wildman–Crippen LogP) is 1.35. The lowest BCUT2D eigenvalue weighted by Gasteiger charge is -2.08. The maximum Gasteiger partial charge on any atom is 0.332 e. The highest BCUT2D eigenvalue weighted by molar-refractivity contribution is 5.75. The Labute approximate surface area is 143 Å². The fourth-order valence-electron chi connectivity index (χ4n) is 3.13. The second-order valence-corrected chi connectivity index (χ2v) is 6.50. The van der Waals surface area contributed by atoms with Gasteiger partial charge in [0.2, 0.25) is 5.78 Å². The topological polar surface area (TPSA) is 66.2 Å². The van der Waals surface area contributed by atoms with Crippen LogP contribution in [-0.4, -0.2) is 23.1 Å². The quantitative estimate of drug-likeness (QED) is 0.555. The van der Waals surface area contributed by atoms with Crippen LogP contribution in [0.1, 0.15) is 16.8 Å². The van der Waals surface area contributed by atoms with Crippen LogP contribution < -0.4 is 11.2 Å². The molecule has 3 heterocycles. The molecule has 0 saturated heterocycles. The van der Waals surface area contributed by atoms with Crippen molar-refractivity contribution in [3.63, 3.8) is 0 Å². The van der Waals surface area contributed by atoms with Gasteiger partial charge in [0.25, 0.3) is 5.56 Å². The van der Waals surface area contributed by atoms with Crippen LogP contribution in [0.25, 0.3) is 16.9 Å². The van der Waals surface area contributed by atoms with Gasteiger partial charge in [-0.25, -0.2) is 4.79 Å². The number of benzene rings is 1. The van der Waals surface area contributed by atoms with Gasteiger partial charge < -0.3 is 4.57 Å². The van der Waals surface area contributed by atoms with Gasteiger partial charge in [0.15, 0.2) is 11.2 Å². The number of imidazole rings is 2. The van der Waals surface area contributed by atoms with Crippen LogP contribution in [0.2, 0.25) is 0 Å². The van der Waals surface area contributed by atoms with E-state index in [9.17, 15) is 9.59 Å². The van der Waals surface area contributed by atoms with Crippen LogP contribution in [0, 0.1) is 13.8 Å². The van der Waals surface area contributed by atoms with Crippen LogP contribution in [0.3, 0.4) is 0 Å². The van der Waals surface area contributed by atoms with Gasteiger partial charge in [-0.15, -0.1) is 0 Å². The third-order valence-corrected chi connectivity index (χ3v) is 4.76. The second kappa shape index (κ2) is 5.20. The van der Waals surface area contributed by atoms with Gasteiger partial charge in [-0.05, 0) is 19.4 Å². The molecule has 0 atom stereocenters. The normalized spacial score (nSPS) is 11.7. The Morgan fingerprint density at radius 1 is 1.00 bits per heavy atom. The monoisotopic (exact) mass is 337 g/mol. The van der Waals surface area contributed by atoms with E-state index >= 15 is 0 Å². The van der Waals surface area contributed by atoms with E-state index in [0.717, 1.165) is 16.8 Å². The van der Waals surface area contributed by atoms with E-state index in [1.165, 1.54) is 9.13 Å². The number of rotatable bonds is 2. The van der Waals surface area contributed by atoms with Gasteiger partial charge in [-0.3, -0.25) is 18.3 Å². The molecule has 0 N–H and O–H groups in total. The molecule has 0 spiro atoms. The number of fused-ring (bicyclic) bond motifs is 3. The van der Waals surface area contributed by atoms with Crippen molar-refractivity contribution in [2.24, 2.45) is 14.1 Å². The van der Waals surface area contributed by atoms with Crippen LogP contribution in [-0.2, 0) is 20.6 Å². The first-order valence-corrected chi connectivity index (χ1v) is 8.08. The highest BCUT2D eigenvalue weighted by Gasteiger charge is 2.19. The fourth-order valence-corrected chi connectivity index (χ4v) is 3.13. The molecule has 0 aliphatic rings. The van der Waals surface area contributed by atoms with Gasteiger partial charge >= 0.3 is 5.69 Å². The Hall–Kier alpha value is -3.09. The van der Waals surface area contributed by atoms with Crippen molar-refractivity contribution < 1.29 is 0 Å². The molecule has 128 valence electrons. The van der Waals surface area contributed by atoms with Crippen LogP contribution in [0.5, 0.6) is 0 Å². The third kappa shape index (κ3) is 2.15. The maximum absolute atomic E-state index is 13.0. The molecular formula is C18H19N5O2. The van der Waals surface area contributed by atoms with E-state index in [2.05, 4.69) is 4.98 Å². The molecule has 7 nitrogen and oxygen atoms in total. The summed E-state index contributed by atoms with van der Waals surface area (Å²) in [5.41, 5.74) is 3.18. The van der Waals surface area contributed by atoms with Crippen molar-refractivity contribution in [3.05, 3.63) is 68.1 Å². The zero-order chi connectivity index (χ0) is 17.9. The summed E-state index contributed by atoms with van der Waals surface area (Å²) in [4.78, 5) is 30.2. The number of hydrogen-bond acceptors (Lipinski definition) is 3. The Morgan fingerprint density at radius 2 is 1.68 bits per heavy atom. The average Bonchev–Trinajstić information content (AvgIpc) is 3.09. The SMILES string of the molecule is Cc1ccc(Cn2c(=O)c3c(nc4n(C)c(C)cn34)n(C)c2=O)cc1. The molecule has 0 unspecified atom stereocenters. The summed E-state index contributed by atoms with van der Waals surface area (Å²) in [7, 11) is 3.54. The minimum absolute atomic E-state index is 0.237. The lowest BCUT2D eigenvalue weighted by Crippen LogP contribution is -2.39. The van der Waals surface area contributed by atoms with Crippen molar-refractivity contribution in [2.75, 3.05) is 0 Å². The summed E-state index contributed by atoms with van der Waals surface area (Å²) >= 11 is 0. The van der Waals surface area contributed by atoms with Crippen molar-refractivity contribution in [3.8, 4) is 0 Å². The summed E-state index contributed by atoms with van der Waals surface area (Å²) in [6.45, 7) is 4.19. The Kier molecular flexibility index (Phi) is 3.21. The molecule has 4 aromatic rings. The number of aromatic nitrogens is 5. The second-order valence-electron chi connectivity index (χ2n) is 6.50.